The van der Waals surface area contributed by atoms with Crippen LogP contribution in [0.2, 0.25) is 0 Å². The summed E-state index contributed by atoms with van der Waals surface area (Å²) in [5, 5.41) is 19.3. The lowest BCUT2D eigenvalue weighted by atomic mass is 9.73. The van der Waals surface area contributed by atoms with Crippen molar-refractivity contribution in [1.29, 1.82) is 0 Å². The topological polar surface area (TPSA) is 158 Å². The molecule has 6 rings (SSSR count). The number of aliphatic hydroxyl groups is 1. The number of anilines is 3. The zero-order valence-corrected chi connectivity index (χ0v) is 21.9. The molecule has 6 heterocycles. The van der Waals surface area contributed by atoms with Gasteiger partial charge in [0.05, 0.1) is 36.9 Å². The van der Waals surface area contributed by atoms with E-state index in [0.29, 0.717) is 22.7 Å². The van der Waals surface area contributed by atoms with Gasteiger partial charge in [-0.15, -0.1) is 0 Å². The fourth-order valence-corrected chi connectivity index (χ4v) is 6.02. The number of fused-ring (bicyclic) bond motifs is 2. The van der Waals surface area contributed by atoms with E-state index in [1.54, 1.807) is 6.07 Å². The maximum absolute atomic E-state index is 12.4. The highest BCUT2D eigenvalue weighted by Gasteiger charge is 2.47. The fourth-order valence-electron chi connectivity index (χ4n) is 6.02. The van der Waals surface area contributed by atoms with Crippen LogP contribution in [0.4, 0.5) is 17.3 Å². The molecule has 3 atom stereocenters. The lowest BCUT2D eigenvalue weighted by Gasteiger charge is -2.41. The van der Waals surface area contributed by atoms with Gasteiger partial charge in [-0.2, -0.15) is 5.10 Å². The molecule has 2 saturated heterocycles. The lowest BCUT2D eigenvalue weighted by Crippen LogP contribution is -2.50. The van der Waals surface area contributed by atoms with Crippen molar-refractivity contribution in [2.45, 2.75) is 51.2 Å². The average molecular weight is 522 g/mol. The predicted molar refractivity (Wildman–Crippen MR) is 143 cm³/mol. The number of aliphatic hydroxyl groups excluding tert-OH is 1. The van der Waals surface area contributed by atoms with Crippen molar-refractivity contribution >= 4 is 34.4 Å². The molecule has 0 aliphatic carbocycles. The van der Waals surface area contributed by atoms with Crippen LogP contribution in [0.25, 0.3) is 11.2 Å². The van der Waals surface area contributed by atoms with Gasteiger partial charge in [-0.1, -0.05) is 6.92 Å². The first-order valence-corrected chi connectivity index (χ1v) is 13.4. The van der Waals surface area contributed by atoms with Crippen LogP contribution in [0, 0.1) is 5.41 Å². The van der Waals surface area contributed by atoms with E-state index >= 15 is 0 Å². The van der Waals surface area contributed by atoms with Crippen molar-refractivity contribution in [2.75, 3.05) is 49.2 Å². The summed E-state index contributed by atoms with van der Waals surface area (Å²) in [5.74, 6) is 1.43. The van der Waals surface area contributed by atoms with Crippen LogP contribution in [0.15, 0.2) is 18.3 Å². The van der Waals surface area contributed by atoms with E-state index in [-0.39, 0.29) is 42.5 Å². The first kappa shape index (κ1) is 25.0. The van der Waals surface area contributed by atoms with Crippen LogP contribution in [-0.4, -0.2) is 87.7 Å². The van der Waals surface area contributed by atoms with Crippen LogP contribution in [0.5, 0.6) is 0 Å². The number of aromatic amines is 1. The minimum absolute atomic E-state index is 0.0564. The number of nitrogens with one attached hydrogen (secondary N) is 2. The molecule has 1 spiro atoms. The highest BCUT2D eigenvalue weighted by Crippen LogP contribution is 2.42. The number of carbonyl (C=O) groups excluding carboxylic acids is 1. The molecule has 3 aliphatic rings. The minimum atomic E-state index is -0.296. The van der Waals surface area contributed by atoms with Crippen molar-refractivity contribution in [3.63, 3.8) is 0 Å². The molecule has 5 N–H and O–H groups in total. The Morgan fingerprint density at radius 2 is 2.08 bits per heavy atom. The van der Waals surface area contributed by atoms with Gasteiger partial charge in [0.1, 0.15) is 11.5 Å². The summed E-state index contributed by atoms with van der Waals surface area (Å²) in [7, 11) is 0. The molecule has 0 aromatic carbocycles. The van der Waals surface area contributed by atoms with E-state index in [9.17, 15) is 4.79 Å². The summed E-state index contributed by atoms with van der Waals surface area (Å²) < 4.78 is 5.86. The van der Waals surface area contributed by atoms with Crippen molar-refractivity contribution in [3.8, 4) is 0 Å². The monoisotopic (exact) mass is 521 g/mol. The number of nitrogens with two attached hydrogens (primary N) is 1. The van der Waals surface area contributed by atoms with Gasteiger partial charge in [0, 0.05) is 43.6 Å². The van der Waals surface area contributed by atoms with Crippen molar-refractivity contribution in [1.82, 2.24) is 30.5 Å². The number of ether oxygens (including phenoxy) is 1. The SMILES string of the molecule is C[C@@H]1OCC2(CCN(c3cnc4c(N5CC[C@H](C)c6nc(C(=O)NCCO)ccc65)n[nH]c4n3)CC2)[C@@H]1N. The number of hydrogen-bond donors (Lipinski definition) is 4. The number of hydrogen-bond acceptors (Lipinski definition) is 10. The Bertz CT molecular complexity index is 1340. The van der Waals surface area contributed by atoms with Gasteiger partial charge in [-0.05, 0) is 38.3 Å². The summed E-state index contributed by atoms with van der Waals surface area (Å²) in [6.45, 7) is 7.47. The molecule has 0 unspecified atom stereocenters. The third kappa shape index (κ3) is 4.16. The minimum Gasteiger partial charge on any atom is -0.395 e. The molecule has 3 aromatic heterocycles. The Kier molecular flexibility index (Phi) is 6.40. The molecule has 3 aliphatic heterocycles. The molecule has 2 fully saturated rings. The Labute approximate surface area is 221 Å². The van der Waals surface area contributed by atoms with Crippen molar-refractivity contribution < 1.29 is 14.6 Å². The van der Waals surface area contributed by atoms with Gasteiger partial charge >= 0.3 is 0 Å². The Morgan fingerprint density at radius 3 is 2.82 bits per heavy atom. The third-order valence-corrected chi connectivity index (χ3v) is 8.50. The second-order valence-corrected chi connectivity index (χ2v) is 10.8. The highest BCUT2D eigenvalue weighted by atomic mass is 16.5. The maximum Gasteiger partial charge on any atom is 0.269 e. The van der Waals surface area contributed by atoms with Crippen LogP contribution in [0.3, 0.4) is 0 Å². The van der Waals surface area contributed by atoms with E-state index in [4.69, 9.17) is 25.5 Å². The van der Waals surface area contributed by atoms with E-state index in [0.717, 1.165) is 62.7 Å². The summed E-state index contributed by atoms with van der Waals surface area (Å²) in [5.41, 5.74) is 9.97. The Balaban J connectivity index is 1.23. The lowest BCUT2D eigenvalue weighted by molar-refractivity contribution is 0.0939. The summed E-state index contributed by atoms with van der Waals surface area (Å²) in [4.78, 5) is 31.1. The van der Waals surface area contributed by atoms with Crippen molar-refractivity contribution in [3.05, 3.63) is 29.7 Å². The third-order valence-electron chi connectivity index (χ3n) is 8.50. The van der Waals surface area contributed by atoms with Gasteiger partial charge in [0.25, 0.3) is 5.91 Å². The molecule has 0 saturated carbocycles. The Morgan fingerprint density at radius 1 is 1.26 bits per heavy atom. The fraction of sp³-hybridized carbons (Fsp3) is 0.577. The summed E-state index contributed by atoms with van der Waals surface area (Å²) >= 11 is 0. The van der Waals surface area contributed by atoms with Gasteiger partial charge in [0.15, 0.2) is 17.0 Å². The zero-order valence-electron chi connectivity index (χ0n) is 21.9. The Hall–Kier alpha value is -3.35. The molecule has 0 bridgehead atoms. The number of nitrogens with zero attached hydrogens (tertiary/aromatic N) is 6. The molecule has 12 nitrogen and oxygen atoms in total. The van der Waals surface area contributed by atoms with Crippen LogP contribution < -0.4 is 20.9 Å². The largest absolute Gasteiger partial charge is 0.395 e. The number of aromatic nitrogens is 5. The molecule has 202 valence electrons. The van der Waals surface area contributed by atoms with E-state index in [1.807, 2.05) is 12.3 Å². The van der Waals surface area contributed by atoms with Gasteiger partial charge in [-0.25, -0.2) is 15.0 Å². The van der Waals surface area contributed by atoms with E-state index < -0.39 is 0 Å². The average Bonchev–Trinajstić information content (AvgIpc) is 3.48. The van der Waals surface area contributed by atoms with Gasteiger partial charge in [0.2, 0.25) is 0 Å². The highest BCUT2D eigenvalue weighted by molar-refractivity contribution is 5.93. The number of piperidine rings is 1. The van der Waals surface area contributed by atoms with Crippen LogP contribution in [0.1, 0.15) is 55.2 Å². The molecule has 12 heteroatoms. The van der Waals surface area contributed by atoms with Gasteiger partial charge in [-0.3, -0.25) is 9.89 Å². The molecule has 3 aromatic rings. The van der Waals surface area contributed by atoms with E-state index in [2.05, 4.69) is 44.1 Å². The summed E-state index contributed by atoms with van der Waals surface area (Å²) in [6.07, 6.45) is 4.74. The smallest absolute Gasteiger partial charge is 0.269 e. The number of H-pyrrole nitrogens is 1. The zero-order chi connectivity index (χ0) is 26.4. The summed E-state index contributed by atoms with van der Waals surface area (Å²) in [6, 6.07) is 3.69. The first-order chi connectivity index (χ1) is 18.4. The number of amides is 1. The van der Waals surface area contributed by atoms with Crippen LogP contribution >= 0.6 is 0 Å². The first-order valence-electron chi connectivity index (χ1n) is 13.4. The maximum atomic E-state index is 12.4. The molecular weight excluding hydrogens is 486 g/mol. The predicted octanol–water partition coefficient (Wildman–Crippen LogP) is 1.45. The molecular formula is C26H35N9O3. The number of pyridine rings is 1. The number of rotatable bonds is 5. The number of carbonyl (C=O) groups is 1. The molecule has 0 radical (unpaired) electrons. The standard InChI is InChI=1S/C26H35N9O3/c1-15-5-9-35(18-4-3-17(30-20(15)18)25(37)28-8-12-36)24-21-23(32-33-24)31-19(13-29-21)34-10-6-26(7-11-34)14-38-16(2)22(26)27/h3-4,13,15-16,22,36H,5-12,14,27H2,1-2H3,(H,28,37)(H,31,32,33)/t15-,16-,22+/m0/s1. The molecule has 1 amide bonds. The van der Waals surface area contributed by atoms with Crippen molar-refractivity contribution in [2.24, 2.45) is 11.1 Å². The van der Waals surface area contributed by atoms with Gasteiger partial charge < -0.3 is 30.7 Å². The van der Waals surface area contributed by atoms with Crippen LogP contribution in [-0.2, 0) is 4.74 Å². The molecule has 38 heavy (non-hydrogen) atoms. The second-order valence-electron chi connectivity index (χ2n) is 10.8. The van der Waals surface area contributed by atoms with E-state index in [1.165, 1.54) is 0 Å². The quantitative estimate of drug-likeness (QED) is 0.387. The normalized spacial score (nSPS) is 24.7. The second kappa shape index (κ2) is 9.75.